The summed E-state index contributed by atoms with van der Waals surface area (Å²) in [6.45, 7) is 0.0389. The summed E-state index contributed by atoms with van der Waals surface area (Å²) < 4.78 is 0. The lowest BCUT2D eigenvalue weighted by atomic mass is 10.2. The van der Waals surface area contributed by atoms with Gasteiger partial charge in [-0.15, -0.1) is 11.3 Å². The van der Waals surface area contributed by atoms with E-state index < -0.39 is 11.1 Å². The molecule has 1 aromatic rings. The highest BCUT2D eigenvalue weighted by Crippen LogP contribution is 2.11. The van der Waals surface area contributed by atoms with E-state index in [1.807, 2.05) is 0 Å². The van der Waals surface area contributed by atoms with Crippen molar-refractivity contribution in [2.24, 2.45) is 16.2 Å². The van der Waals surface area contributed by atoms with E-state index in [0.29, 0.717) is 23.0 Å². The average molecular weight is 315 g/mol. The third kappa shape index (κ3) is 6.91. The number of nitrogens with zero attached hydrogens (tertiary/aromatic N) is 5. The minimum absolute atomic E-state index is 0.0389. The fraction of sp³-hybridized carbons (Fsp3) is 0.444. The van der Waals surface area contributed by atoms with Crippen LogP contribution in [0.4, 0.5) is 9.93 Å². The fourth-order valence-corrected chi connectivity index (χ4v) is 1.84. The Morgan fingerprint density at radius 1 is 1.52 bits per heavy atom. The van der Waals surface area contributed by atoms with Crippen LogP contribution in [0.5, 0.6) is 0 Å². The molecule has 1 heterocycles. The molecular weight excluding hydrogens is 302 g/mol. The monoisotopic (exact) mass is 315 g/mol. The quantitative estimate of drug-likeness (QED) is 0.319. The van der Waals surface area contributed by atoms with Gasteiger partial charge in [0.2, 0.25) is 11.1 Å². The Morgan fingerprint density at radius 3 is 2.86 bits per heavy atom. The first-order valence-electron chi connectivity index (χ1n) is 5.81. The van der Waals surface area contributed by atoms with Gasteiger partial charge in [-0.2, -0.15) is 0 Å². The van der Waals surface area contributed by atoms with Gasteiger partial charge in [0, 0.05) is 18.0 Å². The molecule has 0 atom stereocenters. The smallest absolute Gasteiger partial charge is 0.349 e. The molecule has 3 amide bonds. The fourth-order valence-electron chi connectivity index (χ4n) is 1.29. The number of nitrogens with two attached hydrogens (primary N) is 1. The molecule has 3 N–H and O–H groups in total. The van der Waals surface area contributed by atoms with E-state index in [0.717, 1.165) is 0 Å². The Kier molecular flexibility index (Phi) is 6.67. The SMILES string of the molecule is NC(=O)N(CCCCC(=O)Nc1nccs1)N=N[N+](=O)[O-]. The number of carbonyl (C=O) groups is 2. The molecule has 0 fully saturated rings. The second-order valence-electron chi connectivity index (χ2n) is 3.72. The summed E-state index contributed by atoms with van der Waals surface area (Å²) in [6, 6.07) is -0.951. The third-order valence-electron chi connectivity index (χ3n) is 2.18. The first-order valence-corrected chi connectivity index (χ1v) is 6.69. The molecule has 0 spiro atoms. The molecule has 12 heteroatoms. The van der Waals surface area contributed by atoms with E-state index in [9.17, 15) is 19.7 Å². The Labute approximate surface area is 122 Å². The van der Waals surface area contributed by atoms with Crippen LogP contribution >= 0.6 is 11.3 Å². The first-order chi connectivity index (χ1) is 9.99. The molecule has 0 aromatic carbocycles. The number of unbranched alkanes of at least 4 members (excludes halogenated alkanes) is 1. The van der Waals surface area contributed by atoms with Gasteiger partial charge in [-0.05, 0) is 12.8 Å². The number of nitro groups is 1. The highest BCUT2D eigenvalue weighted by Gasteiger charge is 2.15. The van der Waals surface area contributed by atoms with E-state index in [2.05, 4.69) is 20.7 Å². The molecule has 0 bridgehead atoms. The molecule has 0 aliphatic carbocycles. The Morgan fingerprint density at radius 2 is 2.29 bits per heavy atom. The average Bonchev–Trinajstić information content (AvgIpc) is 2.89. The van der Waals surface area contributed by atoms with Gasteiger partial charge >= 0.3 is 6.03 Å². The number of thiazole rings is 1. The van der Waals surface area contributed by atoms with Crippen LogP contribution in [0.3, 0.4) is 0 Å². The summed E-state index contributed by atoms with van der Waals surface area (Å²) in [4.78, 5) is 36.4. The number of rotatable bonds is 8. The molecule has 0 aliphatic rings. The Balaban J connectivity index is 2.26. The van der Waals surface area contributed by atoms with E-state index >= 15 is 0 Å². The zero-order valence-corrected chi connectivity index (χ0v) is 11.7. The predicted molar refractivity (Wildman–Crippen MR) is 72.7 cm³/mol. The third-order valence-corrected chi connectivity index (χ3v) is 2.87. The molecule has 1 rings (SSSR count). The number of nitrogens with one attached hydrogen (secondary N) is 1. The maximum atomic E-state index is 11.5. The molecule has 11 nitrogen and oxygen atoms in total. The predicted octanol–water partition coefficient (Wildman–Crippen LogP) is 1.19. The second-order valence-corrected chi connectivity index (χ2v) is 4.62. The molecule has 0 radical (unpaired) electrons. The molecule has 1 aromatic heterocycles. The van der Waals surface area contributed by atoms with E-state index in [1.165, 1.54) is 11.3 Å². The van der Waals surface area contributed by atoms with Crippen molar-refractivity contribution >= 4 is 28.4 Å². The Bertz CT molecular complexity index is 518. The molecular formula is C9H13N7O4S. The standard InChI is InChI=1S/C9H13N7O4S/c10-8(18)15(13-14-16(19)20)5-2-1-3-7(17)12-9-11-4-6-21-9/h4,6H,1-3,5H2,(H2,10,18)(H,11,12,17). The highest BCUT2D eigenvalue weighted by molar-refractivity contribution is 7.13. The first kappa shape index (κ1) is 16.4. The number of primary amides is 1. The Hall–Kier alpha value is -2.63. The normalized spacial score (nSPS) is 10.5. The van der Waals surface area contributed by atoms with Crippen LogP contribution in [0.1, 0.15) is 19.3 Å². The largest absolute Gasteiger partial charge is 0.355 e. The lowest BCUT2D eigenvalue weighted by Crippen LogP contribution is -2.32. The highest BCUT2D eigenvalue weighted by atomic mass is 32.1. The summed E-state index contributed by atoms with van der Waals surface area (Å²) in [5.41, 5.74) is 4.98. The molecule has 0 saturated heterocycles. The van der Waals surface area contributed by atoms with Crippen molar-refractivity contribution < 1.29 is 14.6 Å². The van der Waals surface area contributed by atoms with Crippen molar-refractivity contribution in [2.45, 2.75) is 19.3 Å². The minimum Gasteiger partial charge on any atom is -0.349 e. The van der Waals surface area contributed by atoms with E-state index in [-0.39, 0.29) is 18.9 Å². The van der Waals surface area contributed by atoms with Crippen molar-refractivity contribution in [3.8, 4) is 0 Å². The summed E-state index contributed by atoms with van der Waals surface area (Å²) in [5.74, 6) is -0.206. The summed E-state index contributed by atoms with van der Waals surface area (Å²) in [7, 11) is 0. The lowest BCUT2D eigenvalue weighted by Gasteiger charge is -2.06. The van der Waals surface area contributed by atoms with Gasteiger partial charge in [0.05, 0.1) is 11.6 Å². The lowest BCUT2D eigenvalue weighted by molar-refractivity contribution is -0.496. The van der Waals surface area contributed by atoms with Crippen molar-refractivity contribution in [1.29, 1.82) is 0 Å². The van der Waals surface area contributed by atoms with Crippen molar-refractivity contribution in [2.75, 3.05) is 11.9 Å². The molecule has 0 saturated carbocycles. The van der Waals surface area contributed by atoms with Gasteiger partial charge in [0.1, 0.15) is 0 Å². The van der Waals surface area contributed by atoms with Crippen LogP contribution in [0.25, 0.3) is 0 Å². The number of amides is 3. The van der Waals surface area contributed by atoms with Gasteiger partial charge in [0.25, 0.3) is 0 Å². The molecule has 0 aliphatic heterocycles. The molecule has 21 heavy (non-hydrogen) atoms. The van der Waals surface area contributed by atoms with Gasteiger partial charge in [-0.1, -0.05) is 5.01 Å². The van der Waals surface area contributed by atoms with Gasteiger partial charge < -0.3 is 21.2 Å². The molecule has 0 unspecified atom stereocenters. The van der Waals surface area contributed by atoms with Crippen molar-refractivity contribution in [1.82, 2.24) is 9.99 Å². The van der Waals surface area contributed by atoms with Crippen LogP contribution in [-0.4, -0.2) is 33.5 Å². The van der Waals surface area contributed by atoms with E-state index in [4.69, 9.17) is 5.73 Å². The topological polar surface area (TPSA) is 156 Å². The minimum atomic E-state index is -1.04. The summed E-state index contributed by atoms with van der Waals surface area (Å²) in [6.07, 6.45) is 2.64. The maximum Gasteiger partial charge on any atom is 0.355 e. The van der Waals surface area contributed by atoms with Crippen molar-refractivity contribution in [3.05, 3.63) is 21.7 Å². The number of anilines is 1. The van der Waals surface area contributed by atoms with Gasteiger partial charge in [-0.25, -0.2) is 9.78 Å². The van der Waals surface area contributed by atoms with Gasteiger partial charge in [-0.3, -0.25) is 4.79 Å². The van der Waals surface area contributed by atoms with Crippen LogP contribution in [0, 0.1) is 10.1 Å². The number of carbonyl (C=O) groups excluding carboxylic acids is 2. The number of hydrogen-bond acceptors (Lipinski definition) is 7. The van der Waals surface area contributed by atoms with Crippen LogP contribution in [0.2, 0.25) is 0 Å². The van der Waals surface area contributed by atoms with Crippen molar-refractivity contribution in [3.63, 3.8) is 0 Å². The number of aromatic nitrogens is 1. The van der Waals surface area contributed by atoms with Crippen LogP contribution < -0.4 is 11.1 Å². The summed E-state index contributed by atoms with van der Waals surface area (Å²) >= 11 is 1.30. The maximum absolute atomic E-state index is 11.5. The summed E-state index contributed by atoms with van der Waals surface area (Å²) in [5, 5.41) is 20.2. The van der Waals surface area contributed by atoms with Gasteiger partial charge in [0.15, 0.2) is 10.4 Å². The second kappa shape index (κ2) is 8.52. The van der Waals surface area contributed by atoms with E-state index in [1.54, 1.807) is 11.6 Å². The van der Waals surface area contributed by atoms with Crippen LogP contribution in [0.15, 0.2) is 22.0 Å². The molecule has 114 valence electrons. The zero-order valence-electron chi connectivity index (χ0n) is 10.8. The number of hydrogen-bond donors (Lipinski definition) is 2. The van der Waals surface area contributed by atoms with Crippen LogP contribution in [-0.2, 0) is 4.79 Å². The number of urea groups is 1. The zero-order chi connectivity index (χ0) is 15.7.